The van der Waals surface area contributed by atoms with Crippen LogP contribution >= 0.6 is 0 Å². The third-order valence-electron chi connectivity index (χ3n) is 2.41. The van der Waals surface area contributed by atoms with E-state index in [0.29, 0.717) is 12.0 Å². The van der Waals surface area contributed by atoms with Crippen LogP contribution in [-0.4, -0.2) is 22.9 Å². The Labute approximate surface area is 87.9 Å². The minimum atomic E-state index is -0.158. The molecule has 1 aromatic rings. The molecule has 0 aromatic heterocycles. The van der Waals surface area contributed by atoms with Crippen LogP contribution in [0.5, 0.6) is 0 Å². The Bertz CT molecular complexity index is 389. The lowest BCUT2D eigenvalue weighted by Crippen LogP contribution is -2.42. The zero-order valence-electron chi connectivity index (χ0n) is 8.43. The molecule has 1 N–H and O–H groups in total. The number of nitrogens with zero attached hydrogens (tertiary/aromatic N) is 1. The molecule has 1 fully saturated rings. The Kier molecular flexibility index (Phi) is 2.41. The van der Waals surface area contributed by atoms with Gasteiger partial charge in [0.2, 0.25) is 5.91 Å². The van der Waals surface area contributed by atoms with Gasteiger partial charge in [0.05, 0.1) is 12.5 Å². The van der Waals surface area contributed by atoms with Crippen molar-refractivity contribution in [3.05, 3.63) is 35.9 Å². The Morgan fingerprint density at radius 1 is 1.40 bits per heavy atom. The fourth-order valence-electron chi connectivity index (χ4n) is 1.62. The third-order valence-corrected chi connectivity index (χ3v) is 2.41. The maximum absolute atomic E-state index is 11.9. The van der Waals surface area contributed by atoms with Crippen LogP contribution in [0.1, 0.15) is 23.7 Å². The lowest BCUT2D eigenvalue weighted by Gasteiger charge is -2.20. The lowest BCUT2D eigenvalue weighted by molar-refractivity contribution is -0.120. The quantitative estimate of drug-likeness (QED) is 0.740. The van der Waals surface area contributed by atoms with E-state index in [9.17, 15) is 9.59 Å². The van der Waals surface area contributed by atoms with Crippen molar-refractivity contribution in [2.45, 2.75) is 19.4 Å². The highest BCUT2D eigenvalue weighted by Crippen LogP contribution is 2.13. The van der Waals surface area contributed by atoms with Crippen LogP contribution in [0.15, 0.2) is 30.3 Å². The summed E-state index contributed by atoms with van der Waals surface area (Å²) in [7, 11) is 0. The Hall–Kier alpha value is -1.84. The second-order valence-electron chi connectivity index (χ2n) is 3.63. The van der Waals surface area contributed by atoms with Crippen molar-refractivity contribution in [2.75, 3.05) is 0 Å². The molecular weight excluding hydrogens is 192 g/mol. The van der Waals surface area contributed by atoms with Crippen molar-refractivity contribution in [3.8, 4) is 0 Å². The number of carbonyl (C=O) groups excluding carboxylic acids is 2. The molecule has 1 heterocycles. The van der Waals surface area contributed by atoms with Crippen molar-refractivity contribution >= 4 is 11.8 Å². The zero-order chi connectivity index (χ0) is 10.8. The van der Waals surface area contributed by atoms with Gasteiger partial charge in [0, 0.05) is 5.56 Å². The first-order valence-electron chi connectivity index (χ1n) is 4.86. The third kappa shape index (κ3) is 1.83. The van der Waals surface area contributed by atoms with Gasteiger partial charge in [-0.15, -0.1) is 0 Å². The number of hydrazine groups is 1. The molecule has 1 aromatic carbocycles. The molecule has 2 rings (SSSR count). The molecule has 2 amide bonds. The number of nitrogens with one attached hydrogen (secondary N) is 1. The second-order valence-corrected chi connectivity index (χ2v) is 3.63. The maximum Gasteiger partial charge on any atom is 0.272 e. The predicted octanol–water partition coefficient (Wildman–Crippen LogP) is 0.952. The molecule has 0 bridgehead atoms. The summed E-state index contributed by atoms with van der Waals surface area (Å²) in [6, 6.07) is 8.85. The van der Waals surface area contributed by atoms with Gasteiger partial charge in [0.15, 0.2) is 0 Å². The highest BCUT2D eigenvalue weighted by molar-refractivity contribution is 5.97. The van der Waals surface area contributed by atoms with Crippen LogP contribution in [0.25, 0.3) is 0 Å². The average molecular weight is 204 g/mol. The van der Waals surface area contributed by atoms with Crippen molar-refractivity contribution in [2.24, 2.45) is 0 Å². The van der Waals surface area contributed by atoms with Gasteiger partial charge in [-0.1, -0.05) is 18.2 Å². The normalized spacial score (nSPS) is 20.2. The van der Waals surface area contributed by atoms with Crippen molar-refractivity contribution in [1.82, 2.24) is 10.4 Å². The van der Waals surface area contributed by atoms with Gasteiger partial charge in [0.1, 0.15) is 0 Å². The lowest BCUT2D eigenvalue weighted by atomic mass is 10.2. The molecule has 4 heteroatoms. The first-order valence-corrected chi connectivity index (χ1v) is 4.86. The largest absolute Gasteiger partial charge is 0.273 e. The number of carbonyl (C=O) groups is 2. The van der Waals surface area contributed by atoms with Gasteiger partial charge >= 0.3 is 0 Å². The van der Waals surface area contributed by atoms with Gasteiger partial charge in [-0.3, -0.25) is 15.0 Å². The maximum atomic E-state index is 11.9. The van der Waals surface area contributed by atoms with Crippen molar-refractivity contribution < 1.29 is 9.59 Å². The SMILES string of the molecule is C[C@@H]1CC(=O)NN1C(=O)c1ccccc1. The number of benzene rings is 1. The van der Waals surface area contributed by atoms with Crippen molar-refractivity contribution in [1.29, 1.82) is 0 Å². The van der Waals surface area contributed by atoms with Crippen LogP contribution in [0.4, 0.5) is 0 Å². The summed E-state index contributed by atoms with van der Waals surface area (Å²) in [5, 5.41) is 1.39. The molecule has 1 aliphatic heterocycles. The molecule has 0 spiro atoms. The van der Waals surface area contributed by atoms with E-state index in [-0.39, 0.29) is 17.9 Å². The van der Waals surface area contributed by atoms with Gasteiger partial charge < -0.3 is 0 Å². The minimum absolute atomic E-state index is 0.0785. The molecule has 15 heavy (non-hydrogen) atoms. The van der Waals surface area contributed by atoms with Crippen molar-refractivity contribution in [3.63, 3.8) is 0 Å². The van der Waals surface area contributed by atoms with Gasteiger partial charge in [0.25, 0.3) is 5.91 Å². The summed E-state index contributed by atoms with van der Waals surface area (Å²) in [5.41, 5.74) is 3.14. The molecule has 0 aliphatic carbocycles. The molecule has 0 radical (unpaired) electrons. The number of rotatable bonds is 1. The molecule has 78 valence electrons. The zero-order valence-corrected chi connectivity index (χ0v) is 8.43. The van der Waals surface area contributed by atoms with Gasteiger partial charge in [-0.05, 0) is 19.1 Å². The van der Waals surface area contributed by atoms with Gasteiger partial charge in [-0.25, -0.2) is 5.01 Å². The van der Waals surface area contributed by atoms with Crippen LogP contribution in [0, 0.1) is 0 Å². The average Bonchev–Trinajstić information content (AvgIpc) is 2.58. The Balaban J connectivity index is 2.19. The minimum Gasteiger partial charge on any atom is -0.273 e. The number of hydrogen-bond donors (Lipinski definition) is 1. The molecule has 0 unspecified atom stereocenters. The first-order chi connectivity index (χ1) is 7.18. The fourth-order valence-corrected chi connectivity index (χ4v) is 1.62. The Morgan fingerprint density at radius 2 is 2.07 bits per heavy atom. The summed E-state index contributed by atoms with van der Waals surface area (Å²) >= 11 is 0. The molecule has 1 aliphatic rings. The van der Waals surface area contributed by atoms with E-state index in [1.165, 1.54) is 5.01 Å². The smallest absolute Gasteiger partial charge is 0.272 e. The summed E-state index contributed by atoms with van der Waals surface area (Å²) in [4.78, 5) is 23.0. The van der Waals surface area contributed by atoms with Crippen LogP contribution in [0.2, 0.25) is 0 Å². The molecular formula is C11H12N2O2. The predicted molar refractivity (Wildman–Crippen MR) is 54.8 cm³/mol. The van der Waals surface area contributed by atoms with E-state index in [4.69, 9.17) is 0 Å². The molecule has 4 nitrogen and oxygen atoms in total. The monoisotopic (exact) mass is 204 g/mol. The van der Waals surface area contributed by atoms with Crippen LogP contribution in [-0.2, 0) is 4.79 Å². The number of hydrogen-bond acceptors (Lipinski definition) is 2. The first kappa shape index (κ1) is 9.71. The van der Waals surface area contributed by atoms with E-state index in [1.807, 2.05) is 13.0 Å². The molecule has 0 saturated carbocycles. The van der Waals surface area contributed by atoms with Crippen LogP contribution in [0.3, 0.4) is 0 Å². The molecule has 1 saturated heterocycles. The van der Waals surface area contributed by atoms with Gasteiger partial charge in [-0.2, -0.15) is 0 Å². The fraction of sp³-hybridized carbons (Fsp3) is 0.273. The molecule has 1 atom stereocenters. The highest BCUT2D eigenvalue weighted by atomic mass is 16.2. The summed E-state index contributed by atoms with van der Waals surface area (Å²) in [6.07, 6.45) is 0.374. The van der Waals surface area contributed by atoms with E-state index in [1.54, 1.807) is 24.3 Å². The van der Waals surface area contributed by atoms with E-state index in [2.05, 4.69) is 5.43 Å². The van der Waals surface area contributed by atoms with Crippen LogP contribution < -0.4 is 5.43 Å². The van der Waals surface area contributed by atoms with E-state index in [0.717, 1.165) is 0 Å². The van der Waals surface area contributed by atoms with E-state index >= 15 is 0 Å². The summed E-state index contributed by atoms with van der Waals surface area (Å²) < 4.78 is 0. The number of amides is 2. The Morgan fingerprint density at radius 3 is 2.60 bits per heavy atom. The summed E-state index contributed by atoms with van der Waals surface area (Å²) in [5.74, 6) is -0.263. The summed E-state index contributed by atoms with van der Waals surface area (Å²) in [6.45, 7) is 1.85. The van der Waals surface area contributed by atoms with E-state index < -0.39 is 0 Å². The standard InChI is InChI=1S/C11H12N2O2/c1-8-7-10(14)12-13(8)11(15)9-5-3-2-4-6-9/h2-6,8H,7H2,1H3,(H,12,14)/t8-/m1/s1. The second kappa shape index (κ2) is 3.73. The topological polar surface area (TPSA) is 49.4 Å². The highest BCUT2D eigenvalue weighted by Gasteiger charge is 2.30.